The number of aryl methyl sites for hydroxylation is 1. The minimum Gasteiger partial charge on any atom is -0.346 e. The number of hydrogen-bond acceptors (Lipinski definition) is 5. The van der Waals surface area contributed by atoms with Gasteiger partial charge < -0.3 is 10.2 Å². The van der Waals surface area contributed by atoms with Crippen LogP contribution in [0.3, 0.4) is 0 Å². The molecule has 0 spiro atoms. The Hall–Kier alpha value is -0.260. The minimum absolute atomic E-state index is 0.351. The van der Waals surface area contributed by atoms with E-state index in [4.69, 9.17) is 4.98 Å². The van der Waals surface area contributed by atoms with Gasteiger partial charge in [0.15, 0.2) is 5.13 Å². The quantitative estimate of drug-likeness (QED) is 0.924. The molecule has 106 valence electrons. The van der Waals surface area contributed by atoms with E-state index in [1.807, 2.05) is 11.3 Å². The van der Waals surface area contributed by atoms with Crippen molar-refractivity contribution in [2.24, 2.45) is 0 Å². The van der Waals surface area contributed by atoms with E-state index in [1.54, 1.807) is 0 Å². The number of thiazole rings is 1. The molecule has 1 aliphatic heterocycles. The van der Waals surface area contributed by atoms with E-state index >= 15 is 0 Å². The molecular formula is C14H23N3S2. The molecule has 1 aliphatic carbocycles. The predicted molar refractivity (Wildman–Crippen MR) is 85.5 cm³/mol. The molecule has 0 radical (unpaired) electrons. The fraction of sp³-hybridized carbons (Fsp3) is 0.786. The second kappa shape index (κ2) is 5.26. The average molecular weight is 297 g/mol. The Morgan fingerprint density at radius 1 is 1.42 bits per heavy atom. The van der Waals surface area contributed by atoms with Crippen LogP contribution in [0.1, 0.15) is 37.3 Å². The van der Waals surface area contributed by atoms with Crippen LogP contribution in [0, 0.1) is 6.92 Å². The first-order valence-corrected chi connectivity index (χ1v) is 8.92. The van der Waals surface area contributed by atoms with Gasteiger partial charge in [-0.1, -0.05) is 0 Å². The van der Waals surface area contributed by atoms with Gasteiger partial charge in [0.05, 0.1) is 5.69 Å². The summed E-state index contributed by atoms with van der Waals surface area (Å²) in [7, 11) is 0. The lowest BCUT2D eigenvalue weighted by Crippen LogP contribution is -2.43. The Morgan fingerprint density at radius 2 is 2.21 bits per heavy atom. The van der Waals surface area contributed by atoms with Crippen molar-refractivity contribution in [1.29, 1.82) is 0 Å². The Labute approximate surface area is 124 Å². The summed E-state index contributed by atoms with van der Waals surface area (Å²) in [6.45, 7) is 10.1. The molecule has 0 amide bonds. The lowest BCUT2D eigenvalue weighted by molar-refractivity contribution is 0.646. The maximum atomic E-state index is 4.79. The highest BCUT2D eigenvalue weighted by Gasteiger charge is 2.29. The van der Waals surface area contributed by atoms with Crippen LogP contribution < -0.4 is 10.2 Å². The van der Waals surface area contributed by atoms with Gasteiger partial charge in [-0.25, -0.2) is 4.98 Å². The monoisotopic (exact) mass is 297 g/mol. The molecule has 1 aromatic heterocycles. The highest BCUT2D eigenvalue weighted by molar-refractivity contribution is 8.00. The third-order valence-corrected chi connectivity index (χ3v) is 6.22. The van der Waals surface area contributed by atoms with Crippen molar-refractivity contribution in [2.45, 2.75) is 50.9 Å². The zero-order valence-corrected chi connectivity index (χ0v) is 13.7. The summed E-state index contributed by atoms with van der Waals surface area (Å²) >= 11 is 3.95. The summed E-state index contributed by atoms with van der Waals surface area (Å²) in [5.41, 5.74) is 1.21. The summed E-state index contributed by atoms with van der Waals surface area (Å²) in [5.74, 6) is 1.21. The molecule has 0 atom stereocenters. The molecule has 1 aromatic rings. The standard InChI is InChI=1S/C14H23N3S2/c1-10-12(8-15-11-4-5-11)19-13(16-10)17-6-7-18-14(2,3)9-17/h11,15H,4-9H2,1-3H3. The first-order valence-electron chi connectivity index (χ1n) is 7.12. The zero-order chi connectivity index (χ0) is 13.5. The second-order valence-corrected chi connectivity index (χ2v) is 9.05. The number of thioether (sulfide) groups is 1. The normalized spacial score (nSPS) is 22.8. The summed E-state index contributed by atoms with van der Waals surface area (Å²) in [6, 6.07) is 0.773. The van der Waals surface area contributed by atoms with Crippen molar-refractivity contribution in [1.82, 2.24) is 10.3 Å². The van der Waals surface area contributed by atoms with Crippen LogP contribution in [-0.4, -0.2) is 34.6 Å². The summed E-state index contributed by atoms with van der Waals surface area (Å²) < 4.78 is 0.351. The molecule has 1 N–H and O–H groups in total. The Bertz CT molecular complexity index is 452. The summed E-state index contributed by atoms with van der Waals surface area (Å²) in [5, 5.41) is 4.81. The summed E-state index contributed by atoms with van der Waals surface area (Å²) in [4.78, 5) is 8.68. The minimum atomic E-state index is 0.351. The van der Waals surface area contributed by atoms with Gasteiger partial charge in [-0.15, -0.1) is 11.3 Å². The maximum absolute atomic E-state index is 4.79. The molecule has 2 aliphatic rings. The largest absolute Gasteiger partial charge is 0.346 e. The van der Waals surface area contributed by atoms with E-state index in [-0.39, 0.29) is 0 Å². The summed E-state index contributed by atoms with van der Waals surface area (Å²) in [6.07, 6.45) is 2.70. The molecule has 0 unspecified atom stereocenters. The number of aromatic nitrogens is 1. The maximum Gasteiger partial charge on any atom is 0.185 e. The first-order chi connectivity index (χ1) is 9.03. The third-order valence-electron chi connectivity index (χ3n) is 3.71. The predicted octanol–water partition coefficient (Wildman–Crippen LogP) is 3.04. The molecule has 3 rings (SSSR count). The van der Waals surface area contributed by atoms with Crippen LogP contribution in [0.4, 0.5) is 5.13 Å². The number of nitrogens with zero attached hydrogens (tertiary/aromatic N) is 2. The van der Waals surface area contributed by atoms with Crippen LogP contribution >= 0.6 is 23.1 Å². The Kier molecular flexibility index (Phi) is 3.80. The highest BCUT2D eigenvalue weighted by atomic mass is 32.2. The lowest BCUT2D eigenvalue weighted by Gasteiger charge is -2.37. The van der Waals surface area contributed by atoms with E-state index in [2.05, 4.69) is 42.7 Å². The molecule has 1 saturated carbocycles. The number of anilines is 1. The van der Waals surface area contributed by atoms with Gasteiger partial charge in [0.25, 0.3) is 0 Å². The second-order valence-electron chi connectivity index (χ2n) is 6.19. The van der Waals surface area contributed by atoms with Gasteiger partial charge in [0.2, 0.25) is 0 Å². The first kappa shape index (κ1) is 13.7. The van der Waals surface area contributed by atoms with Gasteiger partial charge in [-0.05, 0) is 33.6 Å². The van der Waals surface area contributed by atoms with Crippen LogP contribution in [0.2, 0.25) is 0 Å². The van der Waals surface area contributed by atoms with Gasteiger partial charge in [-0.2, -0.15) is 11.8 Å². The average Bonchev–Trinajstić information content (AvgIpc) is 3.09. The van der Waals surface area contributed by atoms with E-state index in [1.165, 1.54) is 34.3 Å². The van der Waals surface area contributed by atoms with Gasteiger partial charge >= 0.3 is 0 Å². The molecule has 2 heterocycles. The number of hydrogen-bond donors (Lipinski definition) is 1. The smallest absolute Gasteiger partial charge is 0.185 e. The SMILES string of the molecule is Cc1nc(N2CCSC(C)(C)C2)sc1CNC1CC1. The van der Waals surface area contributed by atoms with Crippen LogP contribution in [0.25, 0.3) is 0 Å². The molecule has 0 bridgehead atoms. The Morgan fingerprint density at radius 3 is 2.89 bits per heavy atom. The topological polar surface area (TPSA) is 28.2 Å². The van der Waals surface area contributed by atoms with Crippen molar-refractivity contribution >= 4 is 28.2 Å². The molecule has 3 nitrogen and oxygen atoms in total. The van der Waals surface area contributed by atoms with Crippen molar-refractivity contribution in [3.8, 4) is 0 Å². The molecule has 19 heavy (non-hydrogen) atoms. The van der Waals surface area contributed by atoms with E-state index < -0.39 is 0 Å². The van der Waals surface area contributed by atoms with Crippen molar-refractivity contribution in [3.05, 3.63) is 10.6 Å². The molecule has 1 saturated heterocycles. The molecule has 5 heteroatoms. The number of nitrogens with one attached hydrogen (secondary N) is 1. The Balaban J connectivity index is 1.68. The number of rotatable bonds is 4. The van der Waals surface area contributed by atoms with Gasteiger partial charge in [0.1, 0.15) is 0 Å². The van der Waals surface area contributed by atoms with Gasteiger partial charge in [0, 0.05) is 41.1 Å². The van der Waals surface area contributed by atoms with E-state index in [0.29, 0.717) is 4.75 Å². The highest BCUT2D eigenvalue weighted by Crippen LogP contribution is 2.35. The molecule has 2 fully saturated rings. The van der Waals surface area contributed by atoms with Crippen LogP contribution in [0.5, 0.6) is 0 Å². The van der Waals surface area contributed by atoms with Crippen molar-refractivity contribution < 1.29 is 0 Å². The fourth-order valence-corrected chi connectivity index (χ4v) is 4.56. The van der Waals surface area contributed by atoms with Crippen molar-refractivity contribution in [2.75, 3.05) is 23.7 Å². The van der Waals surface area contributed by atoms with Crippen molar-refractivity contribution in [3.63, 3.8) is 0 Å². The lowest BCUT2D eigenvalue weighted by atomic mass is 10.2. The molecular weight excluding hydrogens is 274 g/mol. The zero-order valence-electron chi connectivity index (χ0n) is 12.0. The fourth-order valence-electron chi connectivity index (χ4n) is 2.42. The van der Waals surface area contributed by atoms with E-state index in [9.17, 15) is 0 Å². The van der Waals surface area contributed by atoms with Gasteiger partial charge in [-0.3, -0.25) is 0 Å². The van der Waals surface area contributed by atoms with Crippen LogP contribution in [0.15, 0.2) is 0 Å². The van der Waals surface area contributed by atoms with E-state index in [0.717, 1.165) is 25.7 Å². The van der Waals surface area contributed by atoms with Crippen LogP contribution in [-0.2, 0) is 6.54 Å². The third kappa shape index (κ3) is 3.44. The molecule has 0 aromatic carbocycles.